The summed E-state index contributed by atoms with van der Waals surface area (Å²) in [4.78, 5) is 17.3. The van der Waals surface area contributed by atoms with Crippen molar-refractivity contribution >= 4 is 17.4 Å². The Balaban J connectivity index is 1.43. The molecule has 0 saturated carbocycles. The molecule has 1 aromatic heterocycles. The maximum absolute atomic E-state index is 13.0. The SMILES string of the molecule is Cc1ccc(C(=O)Nc2ccc(OCCc3cccc(N)n3)cc2)c(-c2ccc(C(F)(F)F)cc2)c1. The van der Waals surface area contributed by atoms with Crippen LogP contribution in [0.5, 0.6) is 5.75 Å². The number of carbonyl (C=O) groups excluding carboxylic acids is 1. The number of amides is 1. The second kappa shape index (κ2) is 10.5. The van der Waals surface area contributed by atoms with Crippen LogP contribution >= 0.6 is 0 Å². The molecule has 36 heavy (non-hydrogen) atoms. The van der Waals surface area contributed by atoms with Gasteiger partial charge in [-0.3, -0.25) is 4.79 Å². The molecule has 0 fully saturated rings. The predicted octanol–water partition coefficient (Wildman–Crippen LogP) is 6.53. The van der Waals surface area contributed by atoms with E-state index < -0.39 is 11.7 Å². The van der Waals surface area contributed by atoms with Gasteiger partial charge < -0.3 is 15.8 Å². The summed E-state index contributed by atoms with van der Waals surface area (Å²) in [7, 11) is 0. The fourth-order valence-electron chi connectivity index (χ4n) is 3.68. The first-order chi connectivity index (χ1) is 17.2. The number of anilines is 2. The molecule has 8 heteroatoms. The number of aryl methyl sites for hydroxylation is 1. The molecule has 5 nitrogen and oxygen atoms in total. The molecule has 0 radical (unpaired) electrons. The van der Waals surface area contributed by atoms with Crippen LogP contribution in [0.15, 0.2) is 84.9 Å². The Kier molecular flexibility index (Phi) is 7.24. The van der Waals surface area contributed by atoms with Gasteiger partial charge in [0, 0.05) is 23.4 Å². The Hall–Kier alpha value is -4.33. The number of aromatic nitrogens is 1. The van der Waals surface area contributed by atoms with E-state index in [4.69, 9.17) is 10.5 Å². The molecule has 0 aliphatic carbocycles. The van der Waals surface area contributed by atoms with Crippen molar-refractivity contribution in [3.63, 3.8) is 0 Å². The highest BCUT2D eigenvalue weighted by Crippen LogP contribution is 2.32. The van der Waals surface area contributed by atoms with Gasteiger partial charge >= 0.3 is 6.18 Å². The second-order valence-corrected chi connectivity index (χ2v) is 8.25. The molecule has 0 atom stereocenters. The minimum absolute atomic E-state index is 0.357. The lowest BCUT2D eigenvalue weighted by Crippen LogP contribution is -2.13. The van der Waals surface area contributed by atoms with Crippen LogP contribution in [0.4, 0.5) is 24.7 Å². The van der Waals surface area contributed by atoms with Gasteiger partial charge in [-0.05, 0) is 72.6 Å². The number of rotatable bonds is 7. The number of nitrogens with two attached hydrogens (primary N) is 1. The van der Waals surface area contributed by atoms with Gasteiger partial charge in [0.05, 0.1) is 12.2 Å². The molecule has 1 heterocycles. The summed E-state index contributed by atoms with van der Waals surface area (Å²) in [6.07, 6.45) is -3.82. The number of nitrogen functional groups attached to an aromatic ring is 1. The van der Waals surface area contributed by atoms with Crippen molar-refractivity contribution in [2.75, 3.05) is 17.7 Å². The standard InChI is InChI=1S/C28H24F3N3O2/c1-18-5-14-24(25(17-18)19-6-8-20(9-7-19)28(29,30)31)27(35)34-22-10-12-23(13-11-22)36-16-15-21-3-2-4-26(32)33-21/h2-14,17H,15-16H2,1H3,(H2,32,33)(H,34,35). The van der Waals surface area contributed by atoms with E-state index in [9.17, 15) is 18.0 Å². The lowest BCUT2D eigenvalue weighted by molar-refractivity contribution is -0.137. The molecule has 0 spiro atoms. The molecule has 1 amide bonds. The number of hydrogen-bond acceptors (Lipinski definition) is 4. The summed E-state index contributed by atoms with van der Waals surface area (Å²) < 4.78 is 44.6. The average molecular weight is 492 g/mol. The maximum Gasteiger partial charge on any atom is 0.416 e. The van der Waals surface area contributed by atoms with Crippen molar-refractivity contribution in [2.24, 2.45) is 0 Å². The van der Waals surface area contributed by atoms with Gasteiger partial charge in [-0.15, -0.1) is 0 Å². The molecule has 0 saturated heterocycles. The van der Waals surface area contributed by atoms with Crippen LogP contribution in [0.3, 0.4) is 0 Å². The van der Waals surface area contributed by atoms with Gasteiger partial charge in [-0.1, -0.05) is 35.9 Å². The van der Waals surface area contributed by atoms with Crippen molar-refractivity contribution in [1.29, 1.82) is 0 Å². The number of ether oxygens (including phenoxy) is 1. The van der Waals surface area contributed by atoms with Crippen LogP contribution in [-0.2, 0) is 12.6 Å². The van der Waals surface area contributed by atoms with E-state index in [1.807, 2.05) is 19.1 Å². The highest BCUT2D eigenvalue weighted by Gasteiger charge is 2.30. The molecular weight excluding hydrogens is 467 g/mol. The fraction of sp³-hybridized carbons (Fsp3) is 0.143. The van der Waals surface area contributed by atoms with Gasteiger partial charge in [0.25, 0.3) is 5.91 Å². The summed E-state index contributed by atoms with van der Waals surface area (Å²) in [5, 5.41) is 2.84. The maximum atomic E-state index is 13.0. The quantitative estimate of drug-likeness (QED) is 0.308. The summed E-state index contributed by atoms with van der Waals surface area (Å²) in [5.74, 6) is 0.728. The van der Waals surface area contributed by atoms with Crippen molar-refractivity contribution in [2.45, 2.75) is 19.5 Å². The number of pyridine rings is 1. The lowest BCUT2D eigenvalue weighted by atomic mass is 9.96. The van der Waals surface area contributed by atoms with Crippen LogP contribution < -0.4 is 15.8 Å². The van der Waals surface area contributed by atoms with Gasteiger partial charge in [-0.25, -0.2) is 4.98 Å². The second-order valence-electron chi connectivity index (χ2n) is 8.25. The third kappa shape index (κ3) is 6.21. The van der Waals surface area contributed by atoms with Crippen molar-refractivity contribution in [3.05, 3.63) is 107 Å². The Morgan fingerprint density at radius 1 is 0.972 bits per heavy atom. The Bertz CT molecular complexity index is 1350. The predicted molar refractivity (Wildman–Crippen MR) is 134 cm³/mol. The Morgan fingerprint density at radius 3 is 2.36 bits per heavy atom. The zero-order valence-electron chi connectivity index (χ0n) is 19.5. The third-order valence-electron chi connectivity index (χ3n) is 5.51. The molecule has 4 aromatic rings. The number of benzene rings is 3. The molecule has 0 aliphatic rings. The first kappa shape index (κ1) is 24.8. The van der Waals surface area contributed by atoms with Crippen LogP contribution in [0.1, 0.15) is 27.2 Å². The van der Waals surface area contributed by atoms with Crippen molar-refractivity contribution < 1.29 is 22.7 Å². The molecule has 3 N–H and O–H groups in total. The highest BCUT2D eigenvalue weighted by molar-refractivity contribution is 6.08. The van der Waals surface area contributed by atoms with Crippen LogP contribution in [0.25, 0.3) is 11.1 Å². The van der Waals surface area contributed by atoms with Crippen LogP contribution in [0, 0.1) is 6.92 Å². The number of nitrogens with zero attached hydrogens (tertiary/aromatic N) is 1. The first-order valence-electron chi connectivity index (χ1n) is 11.2. The highest BCUT2D eigenvalue weighted by atomic mass is 19.4. The number of carbonyl (C=O) groups is 1. The molecule has 184 valence electrons. The zero-order chi connectivity index (χ0) is 25.7. The smallest absolute Gasteiger partial charge is 0.416 e. The molecule has 0 aliphatic heterocycles. The van der Waals surface area contributed by atoms with Crippen molar-refractivity contribution in [3.8, 4) is 16.9 Å². The minimum Gasteiger partial charge on any atom is -0.493 e. The summed E-state index contributed by atoms with van der Waals surface area (Å²) in [6, 6.07) is 22.4. The first-order valence-corrected chi connectivity index (χ1v) is 11.2. The molecule has 3 aromatic carbocycles. The van der Waals surface area contributed by atoms with E-state index in [0.29, 0.717) is 47.0 Å². The Labute approximate surface area is 206 Å². The third-order valence-corrected chi connectivity index (χ3v) is 5.51. The van der Waals surface area contributed by atoms with E-state index in [2.05, 4.69) is 10.3 Å². The largest absolute Gasteiger partial charge is 0.493 e. The van der Waals surface area contributed by atoms with Gasteiger partial charge in [0.15, 0.2) is 0 Å². The van der Waals surface area contributed by atoms with E-state index in [1.165, 1.54) is 12.1 Å². The van der Waals surface area contributed by atoms with Gasteiger partial charge in [0.2, 0.25) is 0 Å². The van der Waals surface area contributed by atoms with Crippen LogP contribution in [-0.4, -0.2) is 17.5 Å². The summed E-state index contributed by atoms with van der Waals surface area (Å²) in [5.41, 5.74) is 8.66. The molecule has 0 bridgehead atoms. The Morgan fingerprint density at radius 2 is 1.69 bits per heavy atom. The van der Waals surface area contributed by atoms with E-state index in [-0.39, 0.29) is 5.91 Å². The fourth-order valence-corrected chi connectivity index (χ4v) is 3.68. The lowest BCUT2D eigenvalue weighted by Gasteiger charge is -2.13. The number of halogens is 3. The molecular formula is C28H24F3N3O2. The van der Waals surface area contributed by atoms with E-state index in [1.54, 1.807) is 48.5 Å². The summed E-state index contributed by atoms with van der Waals surface area (Å²) in [6.45, 7) is 2.28. The van der Waals surface area contributed by atoms with Gasteiger partial charge in [0.1, 0.15) is 11.6 Å². The topological polar surface area (TPSA) is 77.2 Å². The van der Waals surface area contributed by atoms with E-state index >= 15 is 0 Å². The van der Waals surface area contributed by atoms with Crippen molar-refractivity contribution in [1.82, 2.24) is 4.98 Å². The number of nitrogens with one attached hydrogen (secondary N) is 1. The average Bonchev–Trinajstić information content (AvgIpc) is 2.84. The van der Waals surface area contributed by atoms with Gasteiger partial charge in [-0.2, -0.15) is 13.2 Å². The summed E-state index contributed by atoms with van der Waals surface area (Å²) >= 11 is 0. The molecule has 0 unspecified atom stereocenters. The normalized spacial score (nSPS) is 11.2. The number of hydrogen-bond donors (Lipinski definition) is 2. The van der Waals surface area contributed by atoms with Crippen LogP contribution in [0.2, 0.25) is 0 Å². The number of alkyl halides is 3. The zero-order valence-corrected chi connectivity index (χ0v) is 19.5. The van der Waals surface area contributed by atoms with E-state index in [0.717, 1.165) is 23.4 Å². The minimum atomic E-state index is -4.42. The molecule has 4 rings (SSSR count). The monoisotopic (exact) mass is 491 g/mol.